The summed E-state index contributed by atoms with van der Waals surface area (Å²) in [6.07, 6.45) is 0. The summed E-state index contributed by atoms with van der Waals surface area (Å²) in [5.41, 5.74) is 0.446. The van der Waals surface area contributed by atoms with Crippen molar-refractivity contribution < 1.29 is 23.1 Å². The molecular formula is C17H11ClFNO4. The second-order valence-corrected chi connectivity index (χ2v) is 5.33. The van der Waals surface area contributed by atoms with Gasteiger partial charge in [0.2, 0.25) is 5.76 Å². The molecule has 0 saturated heterocycles. The van der Waals surface area contributed by atoms with Gasteiger partial charge in [0.05, 0.1) is 5.69 Å². The van der Waals surface area contributed by atoms with Gasteiger partial charge in [0.1, 0.15) is 11.4 Å². The fourth-order valence-electron chi connectivity index (χ4n) is 2.06. The fraction of sp³-hybridized carbons (Fsp3) is 0.0588. The maximum Gasteiger partial charge on any atom is 0.374 e. The number of hydrogen-bond acceptors (Lipinski definition) is 4. The highest BCUT2D eigenvalue weighted by molar-refractivity contribution is 6.30. The van der Waals surface area contributed by atoms with Gasteiger partial charge in [0, 0.05) is 10.4 Å². The van der Waals surface area contributed by atoms with E-state index in [1.54, 1.807) is 24.3 Å². The van der Waals surface area contributed by atoms with Gasteiger partial charge in [-0.05, 0) is 30.3 Å². The SMILES string of the molecule is O=C(COC(=O)c1cc2ccccc2o1)Nc1cc(Cl)ccc1F. The first-order chi connectivity index (χ1) is 11.5. The lowest BCUT2D eigenvalue weighted by molar-refractivity contribution is -0.119. The van der Waals surface area contributed by atoms with E-state index >= 15 is 0 Å². The smallest absolute Gasteiger partial charge is 0.374 e. The number of ether oxygens (including phenoxy) is 1. The van der Waals surface area contributed by atoms with Crippen LogP contribution in [-0.2, 0) is 9.53 Å². The Balaban J connectivity index is 1.61. The molecular weight excluding hydrogens is 337 g/mol. The molecule has 1 heterocycles. The highest BCUT2D eigenvalue weighted by atomic mass is 35.5. The van der Waals surface area contributed by atoms with Crippen LogP contribution < -0.4 is 5.32 Å². The highest BCUT2D eigenvalue weighted by Gasteiger charge is 2.16. The summed E-state index contributed by atoms with van der Waals surface area (Å²) in [5.74, 6) is -2.14. The van der Waals surface area contributed by atoms with Crippen molar-refractivity contribution >= 4 is 40.1 Å². The van der Waals surface area contributed by atoms with Crippen LogP contribution in [0.4, 0.5) is 10.1 Å². The van der Waals surface area contributed by atoms with E-state index in [4.69, 9.17) is 20.8 Å². The molecule has 0 spiro atoms. The van der Waals surface area contributed by atoms with Gasteiger partial charge in [-0.15, -0.1) is 0 Å². The number of anilines is 1. The third-order valence-electron chi connectivity index (χ3n) is 3.16. The van der Waals surface area contributed by atoms with E-state index in [2.05, 4.69) is 5.32 Å². The summed E-state index contributed by atoms with van der Waals surface area (Å²) in [5, 5.41) is 3.29. The second kappa shape index (κ2) is 6.72. The molecule has 24 heavy (non-hydrogen) atoms. The standard InChI is InChI=1S/C17H11ClFNO4/c18-11-5-6-12(19)13(8-11)20-16(21)9-23-17(22)15-7-10-3-1-2-4-14(10)24-15/h1-8H,9H2,(H,20,21). The van der Waals surface area contributed by atoms with Crippen LogP contribution >= 0.6 is 11.6 Å². The zero-order valence-electron chi connectivity index (χ0n) is 12.2. The molecule has 3 rings (SSSR count). The number of rotatable bonds is 4. The first kappa shape index (κ1) is 16.0. The molecule has 1 amide bonds. The number of para-hydroxylation sites is 1. The first-order valence-corrected chi connectivity index (χ1v) is 7.31. The summed E-state index contributed by atoms with van der Waals surface area (Å²) < 4.78 is 23.7. The predicted molar refractivity (Wildman–Crippen MR) is 86.5 cm³/mol. The number of benzene rings is 2. The lowest BCUT2D eigenvalue weighted by Gasteiger charge is -2.07. The van der Waals surface area contributed by atoms with E-state index in [0.717, 1.165) is 11.5 Å². The molecule has 1 N–H and O–H groups in total. The molecule has 0 aliphatic heterocycles. The van der Waals surface area contributed by atoms with Crippen molar-refractivity contribution in [3.8, 4) is 0 Å². The normalized spacial score (nSPS) is 10.6. The number of nitrogens with one attached hydrogen (secondary N) is 1. The third kappa shape index (κ3) is 3.55. The Hall–Kier alpha value is -2.86. The van der Waals surface area contributed by atoms with E-state index < -0.39 is 24.3 Å². The molecule has 122 valence electrons. The topological polar surface area (TPSA) is 68.5 Å². The van der Waals surface area contributed by atoms with Gasteiger partial charge >= 0.3 is 5.97 Å². The molecule has 5 nitrogen and oxygen atoms in total. The van der Waals surface area contributed by atoms with Crippen LogP contribution in [0.2, 0.25) is 5.02 Å². The van der Waals surface area contributed by atoms with Gasteiger partial charge < -0.3 is 14.5 Å². The summed E-state index contributed by atoms with van der Waals surface area (Å²) in [4.78, 5) is 23.7. The second-order valence-electron chi connectivity index (χ2n) is 4.90. The summed E-state index contributed by atoms with van der Waals surface area (Å²) in [7, 11) is 0. The zero-order chi connectivity index (χ0) is 17.1. The maximum atomic E-state index is 13.5. The van der Waals surface area contributed by atoms with Crippen LogP contribution in [0.1, 0.15) is 10.6 Å². The largest absolute Gasteiger partial charge is 0.450 e. The van der Waals surface area contributed by atoms with Gasteiger partial charge in [0.25, 0.3) is 5.91 Å². The van der Waals surface area contributed by atoms with E-state index in [9.17, 15) is 14.0 Å². The predicted octanol–water partition coefficient (Wildman–Crippen LogP) is 4.02. The van der Waals surface area contributed by atoms with Gasteiger partial charge in [-0.25, -0.2) is 9.18 Å². The summed E-state index contributed by atoms with van der Waals surface area (Å²) >= 11 is 5.73. The summed E-state index contributed by atoms with van der Waals surface area (Å²) in [6.45, 7) is -0.582. The average Bonchev–Trinajstić information content (AvgIpc) is 3.00. The number of carbonyl (C=O) groups excluding carboxylic acids is 2. The summed E-state index contributed by atoms with van der Waals surface area (Å²) in [6, 6.07) is 12.3. The van der Waals surface area contributed by atoms with Gasteiger partial charge in [-0.3, -0.25) is 4.79 Å². The van der Waals surface area contributed by atoms with Gasteiger partial charge in [0.15, 0.2) is 6.61 Å². The Morgan fingerprint density at radius 3 is 2.75 bits per heavy atom. The Kier molecular flexibility index (Phi) is 4.48. The molecule has 2 aromatic carbocycles. The molecule has 0 fully saturated rings. The molecule has 0 aliphatic carbocycles. The van der Waals surface area contributed by atoms with Crippen LogP contribution in [0.3, 0.4) is 0 Å². The maximum absolute atomic E-state index is 13.5. The van der Waals surface area contributed by atoms with Crippen LogP contribution in [-0.4, -0.2) is 18.5 Å². The number of fused-ring (bicyclic) bond motifs is 1. The quantitative estimate of drug-likeness (QED) is 0.724. The van der Waals surface area contributed by atoms with E-state index in [0.29, 0.717) is 5.58 Å². The minimum Gasteiger partial charge on any atom is -0.450 e. The van der Waals surface area contributed by atoms with E-state index in [1.165, 1.54) is 18.2 Å². The zero-order valence-corrected chi connectivity index (χ0v) is 13.0. The third-order valence-corrected chi connectivity index (χ3v) is 3.40. The lowest BCUT2D eigenvalue weighted by Crippen LogP contribution is -2.21. The van der Waals surface area contributed by atoms with Crippen LogP contribution in [0.5, 0.6) is 0 Å². The van der Waals surface area contributed by atoms with Crippen LogP contribution in [0.25, 0.3) is 11.0 Å². The average molecular weight is 348 g/mol. The van der Waals surface area contributed by atoms with Crippen molar-refractivity contribution in [2.24, 2.45) is 0 Å². The molecule has 1 aromatic heterocycles. The fourth-order valence-corrected chi connectivity index (χ4v) is 2.24. The van der Waals surface area contributed by atoms with E-state index in [-0.39, 0.29) is 16.5 Å². The van der Waals surface area contributed by atoms with E-state index in [1.807, 2.05) is 0 Å². The van der Waals surface area contributed by atoms with Crippen molar-refractivity contribution in [3.63, 3.8) is 0 Å². The lowest BCUT2D eigenvalue weighted by atomic mass is 10.2. The monoisotopic (exact) mass is 347 g/mol. The number of halogens is 2. The van der Waals surface area contributed by atoms with Crippen molar-refractivity contribution in [3.05, 3.63) is 65.1 Å². The Morgan fingerprint density at radius 1 is 1.17 bits per heavy atom. The minimum atomic E-state index is -0.784. The molecule has 0 saturated carbocycles. The molecule has 0 atom stereocenters. The first-order valence-electron chi connectivity index (χ1n) is 6.93. The number of hydrogen-bond donors (Lipinski definition) is 1. The minimum absolute atomic E-state index is 0.0158. The van der Waals surface area contributed by atoms with Crippen molar-refractivity contribution in [2.75, 3.05) is 11.9 Å². The van der Waals surface area contributed by atoms with Crippen molar-refractivity contribution in [1.29, 1.82) is 0 Å². The Bertz CT molecular complexity index is 889. The van der Waals surface area contributed by atoms with Crippen molar-refractivity contribution in [1.82, 2.24) is 0 Å². The van der Waals surface area contributed by atoms with Crippen molar-refractivity contribution in [2.45, 2.75) is 0 Å². The number of esters is 1. The number of furan rings is 1. The molecule has 0 aliphatic rings. The Morgan fingerprint density at radius 2 is 1.96 bits per heavy atom. The molecule has 3 aromatic rings. The van der Waals surface area contributed by atoms with Crippen LogP contribution in [0, 0.1) is 5.82 Å². The molecule has 0 radical (unpaired) electrons. The Labute approximate surface area is 141 Å². The number of amides is 1. The van der Waals surface area contributed by atoms with Crippen LogP contribution in [0.15, 0.2) is 52.9 Å². The highest BCUT2D eigenvalue weighted by Crippen LogP contribution is 2.20. The number of carbonyl (C=O) groups is 2. The van der Waals surface area contributed by atoms with Gasteiger partial charge in [-0.1, -0.05) is 29.8 Å². The molecule has 7 heteroatoms. The molecule has 0 unspecified atom stereocenters. The molecule has 0 bridgehead atoms. The van der Waals surface area contributed by atoms with Gasteiger partial charge in [-0.2, -0.15) is 0 Å².